The molecule has 35 heavy (non-hydrogen) atoms. The van der Waals surface area contributed by atoms with Gasteiger partial charge in [0.05, 0.1) is 23.2 Å². The largest absolute Gasteiger partial charge is 0.497 e. The topological polar surface area (TPSA) is 80.6 Å². The summed E-state index contributed by atoms with van der Waals surface area (Å²) in [5, 5.41) is 12.3. The summed E-state index contributed by atoms with van der Waals surface area (Å²) in [6.07, 6.45) is 1.48. The molecule has 0 unspecified atom stereocenters. The number of carbonyl (C=O) groups is 1. The van der Waals surface area contributed by atoms with Gasteiger partial charge in [-0.3, -0.25) is 4.79 Å². The highest BCUT2D eigenvalue weighted by Crippen LogP contribution is 2.36. The number of hydrogen-bond donors (Lipinski definition) is 1. The minimum absolute atomic E-state index is 0.0651. The number of hydrogen-bond acceptors (Lipinski definition) is 5. The standard InChI is InChI=1S/C26H21Br2FN2O4/c1-33-21-7-6-18(24(12-21)34-2)14-31-26(32)19(13-30)8-17-10-22(27)25(23(28)11-17)35-15-16-4-3-5-20(29)9-16/h3-12H,14-15H2,1-2H3,(H,31,32)/b19-8+. The number of carbonyl (C=O) groups excluding carboxylic acids is 1. The first-order chi connectivity index (χ1) is 16.8. The monoisotopic (exact) mass is 602 g/mol. The van der Waals surface area contributed by atoms with Crippen molar-refractivity contribution in [1.29, 1.82) is 5.26 Å². The normalized spacial score (nSPS) is 10.9. The molecular formula is C26H21Br2FN2O4. The lowest BCUT2D eigenvalue weighted by Gasteiger charge is -2.12. The van der Waals surface area contributed by atoms with E-state index in [0.29, 0.717) is 37.3 Å². The fourth-order valence-corrected chi connectivity index (χ4v) is 4.62. The van der Waals surface area contributed by atoms with E-state index in [9.17, 15) is 14.4 Å². The van der Waals surface area contributed by atoms with Crippen LogP contribution in [0.5, 0.6) is 17.2 Å². The zero-order chi connectivity index (χ0) is 25.4. The lowest BCUT2D eigenvalue weighted by atomic mass is 10.1. The zero-order valence-corrected chi connectivity index (χ0v) is 22.1. The van der Waals surface area contributed by atoms with E-state index in [0.717, 1.165) is 5.56 Å². The van der Waals surface area contributed by atoms with E-state index in [1.807, 2.05) is 6.07 Å². The molecule has 3 aromatic carbocycles. The Bertz CT molecular complexity index is 1280. The van der Waals surface area contributed by atoms with Crippen LogP contribution in [0, 0.1) is 17.1 Å². The first kappa shape index (κ1) is 26.3. The number of nitrogens with one attached hydrogen (secondary N) is 1. The van der Waals surface area contributed by atoms with Crippen molar-refractivity contribution in [3.63, 3.8) is 0 Å². The van der Waals surface area contributed by atoms with Crippen LogP contribution in [0.15, 0.2) is 69.1 Å². The second kappa shape index (κ2) is 12.4. The molecule has 3 aromatic rings. The molecule has 3 rings (SSSR count). The summed E-state index contributed by atoms with van der Waals surface area (Å²) in [6.45, 7) is 0.343. The van der Waals surface area contributed by atoms with Gasteiger partial charge in [0.25, 0.3) is 5.91 Å². The average Bonchev–Trinajstić information content (AvgIpc) is 2.85. The van der Waals surface area contributed by atoms with Crippen molar-refractivity contribution >= 4 is 43.8 Å². The Morgan fingerprint density at radius 3 is 2.46 bits per heavy atom. The summed E-state index contributed by atoms with van der Waals surface area (Å²) < 4.78 is 30.9. The van der Waals surface area contributed by atoms with Crippen LogP contribution >= 0.6 is 31.9 Å². The Morgan fingerprint density at radius 1 is 1.09 bits per heavy atom. The number of halogens is 3. The number of nitriles is 1. The van der Waals surface area contributed by atoms with Crippen LogP contribution in [0.1, 0.15) is 16.7 Å². The molecule has 0 saturated heterocycles. The summed E-state index contributed by atoms with van der Waals surface area (Å²) in [6, 6.07) is 16.8. The molecule has 0 atom stereocenters. The van der Waals surface area contributed by atoms with Gasteiger partial charge in [0.1, 0.15) is 41.3 Å². The van der Waals surface area contributed by atoms with E-state index in [1.165, 1.54) is 25.3 Å². The van der Waals surface area contributed by atoms with Crippen LogP contribution in [0.4, 0.5) is 4.39 Å². The average molecular weight is 604 g/mol. The third kappa shape index (κ3) is 7.07. The van der Waals surface area contributed by atoms with Crippen molar-refractivity contribution in [2.24, 2.45) is 0 Å². The predicted octanol–water partition coefficient (Wildman–Crippen LogP) is 6.17. The van der Waals surface area contributed by atoms with Gasteiger partial charge in [-0.2, -0.15) is 5.26 Å². The molecular weight excluding hydrogens is 583 g/mol. The molecule has 0 aromatic heterocycles. The minimum atomic E-state index is -0.524. The van der Waals surface area contributed by atoms with Crippen LogP contribution in [0.25, 0.3) is 6.08 Å². The molecule has 1 N–H and O–H groups in total. The Labute approximate surface area is 219 Å². The van der Waals surface area contributed by atoms with Gasteiger partial charge in [-0.1, -0.05) is 12.1 Å². The molecule has 0 aliphatic carbocycles. The van der Waals surface area contributed by atoms with E-state index in [1.54, 1.807) is 49.6 Å². The van der Waals surface area contributed by atoms with Gasteiger partial charge in [0.15, 0.2) is 0 Å². The van der Waals surface area contributed by atoms with Crippen molar-refractivity contribution in [2.75, 3.05) is 14.2 Å². The lowest BCUT2D eigenvalue weighted by molar-refractivity contribution is -0.117. The van der Waals surface area contributed by atoms with Gasteiger partial charge < -0.3 is 19.5 Å². The molecule has 0 aliphatic heterocycles. The van der Waals surface area contributed by atoms with Crippen molar-refractivity contribution in [1.82, 2.24) is 5.32 Å². The van der Waals surface area contributed by atoms with E-state index in [4.69, 9.17) is 14.2 Å². The number of rotatable bonds is 9. The molecule has 6 nitrogen and oxygen atoms in total. The van der Waals surface area contributed by atoms with E-state index in [2.05, 4.69) is 37.2 Å². The van der Waals surface area contributed by atoms with Gasteiger partial charge >= 0.3 is 0 Å². The molecule has 0 bridgehead atoms. The molecule has 9 heteroatoms. The number of ether oxygens (including phenoxy) is 3. The molecule has 0 spiro atoms. The molecule has 0 heterocycles. The lowest BCUT2D eigenvalue weighted by Crippen LogP contribution is -2.24. The summed E-state index contributed by atoms with van der Waals surface area (Å²) in [4.78, 5) is 12.7. The second-order valence-corrected chi connectivity index (χ2v) is 8.97. The predicted molar refractivity (Wildman–Crippen MR) is 138 cm³/mol. The Kier molecular flexibility index (Phi) is 9.29. The molecule has 1 amide bonds. The van der Waals surface area contributed by atoms with Crippen molar-refractivity contribution in [3.8, 4) is 23.3 Å². The van der Waals surface area contributed by atoms with Crippen LogP contribution in [-0.4, -0.2) is 20.1 Å². The molecule has 0 aliphatic rings. The number of methoxy groups -OCH3 is 2. The molecule has 180 valence electrons. The van der Waals surface area contributed by atoms with Crippen LogP contribution in [0.2, 0.25) is 0 Å². The highest BCUT2D eigenvalue weighted by molar-refractivity contribution is 9.11. The van der Waals surface area contributed by atoms with E-state index < -0.39 is 5.91 Å². The third-order valence-electron chi connectivity index (χ3n) is 4.90. The fraction of sp³-hybridized carbons (Fsp3) is 0.154. The number of benzene rings is 3. The maximum atomic E-state index is 13.4. The minimum Gasteiger partial charge on any atom is -0.497 e. The van der Waals surface area contributed by atoms with Crippen molar-refractivity contribution in [2.45, 2.75) is 13.2 Å². The third-order valence-corrected chi connectivity index (χ3v) is 6.08. The summed E-state index contributed by atoms with van der Waals surface area (Å²) in [7, 11) is 3.09. The van der Waals surface area contributed by atoms with Crippen molar-refractivity contribution < 1.29 is 23.4 Å². The smallest absolute Gasteiger partial charge is 0.262 e. The maximum absolute atomic E-state index is 13.4. The SMILES string of the molecule is COc1ccc(CNC(=O)/C(C#N)=C/c2cc(Br)c(OCc3cccc(F)c3)c(Br)c2)c(OC)c1. The van der Waals surface area contributed by atoms with Gasteiger partial charge in [-0.15, -0.1) is 0 Å². The first-order valence-electron chi connectivity index (χ1n) is 10.3. The number of nitrogens with zero attached hydrogens (tertiary/aromatic N) is 1. The van der Waals surface area contributed by atoms with Crippen LogP contribution in [0.3, 0.4) is 0 Å². The summed E-state index contributed by atoms with van der Waals surface area (Å²) >= 11 is 6.92. The molecule has 0 fully saturated rings. The van der Waals surface area contributed by atoms with Gasteiger partial charge in [-0.05, 0) is 85.5 Å². The maximum Gasteiger partial charge on any atom is 0.262 e. The Balaban J connectivity index is 1.72. The van der Waals surface area contributed by atoms with Crippen LogP contribution in [-0.2, 0) is 17.9 Å². The Hall–Kier alpha value is -3.35. The first-order valence-corrected chi connectivity index (χ1v) is 11.9. The summed E-state index contributed by atoms with van der Waals surface area (Å²) in [5.74, 6) is 0.852. The van der Waals surface area contributed by atoms with Gasteiger partial charge in [-0.25, -0.2) is 4.39 Å². The highest BCUT2D eigenvalue weighted by Gasteiger charge is 2.14. The van der Waals surface area contributed by atoms with Crippen LogP contribution < -0.4 is 19.5 Å². The van der Waals surface area contributed by atoms with Gasteiger partial charge in [0.2, 0.25) is 0 Å². The highest BCUT2D eigenvalue weighted by atomic mass is 79.9. The number of amides is 1. The van der Waals surface area contributed by atoms with Crippen molar-refractivity contribution in [3.05, 3.63) is 91.6 Å². The quantitative estimate of drug-likeness (QED) is 0.234. The second-order valence-electron chi connectivity index (χ2n) is 7.26. The Morgan fingerprint density at radius 2 is 1.83 bits per heavy atom. The summed E-state index contributed by atoms with van der Waals surface area (Å²) in [5.41, 5.74) is 1.97. The molecule has 0 saturated carbocycles. The van der Waals surface area contributed by atoms with E-state index in [-0.39, 0.29) is 24.5 Å². The van der Waals surface area contributed by atoms with Gasteiger partial charge in [0, 0.05) is 18.2 Å². The zero-order valence-electron chi connectivity index (χ0n) is 18.9. The fourth-order valence-electron chi connectivity index (χ4n) is 3.17. The molecule has 0 radical (unpaired) electrons. The van der Waals surface area contributed by atoms with E-state index >= 15 is 0 Å².